The molecule has 0 saturated heterocycles. The summed E-state index contributed by atoms with van der Waals surface area (Å²) < 4.78 is 4.54. The van der Waals surface area contributed by atoms with Gasteiger partial charge in [-0.1, -0.05) is 11.6 Å². The van der Waals surface area contributed by atoms with Gasteiger partial charge in [0.1, 0.15) is 0 Å². The number of nitrogens with two attached hydrogens (primary N) is 1. The molecule has 0 aromatic carbocycles. The van der Waals surface area contributed by atoms with Crippen molar-refractivity contribution in [2.45, 2.75) is 0 Å². The van der Waals surface area contributed by atoms with Crippen molar-refractivity contribution in [1.82, 2.24) is 4.98 Å². The van der Waals surface area contributed by atoms with E-state index in [9.17, 15) is 4.79 Å². The smallest absolute Gasteiger partial charge is 0.413 e. The molecular formula is C8H11ClN4O2. The monoisotopic (exact) mass is 230 g/mol. The van der Waals surface area contributed by atoms with Gasteiger partial charge >= 0.3 is 6.09 Å². The maximum atomic E-state index is 11.2. The summed E-state index contributed by atoms with van der Waals surface area (Å²) in [5, 5.41) is 0.325. The van der Waals surface area contributed by atoms with Crippen molar-refractivity contribution in [3.05, 3.63) is 17.3 Å². The van der Waals surface area contributed by atoms with E-state index in [0.717, 1.165) is 0 Å². The van der Waals surface area contributed by atoms with Crippen LogP contribution < -0.4 is 16.2 Å². The average molecular weight is 231 g/mol. The highest BCUT2D eigenvalue weighted by Gasteiger charge is 2.12. The quantitative estimate of drug-likeness (QED) is 0.590. The second-order valence-electron chi connectivity index (χ2n) is 2.70. The maximum absolute atomic E-state index is 11.2. The number of carbonyl (C=O) groups is 1. The lowest BCUT2D eigenvalue weighted by atomic mass is 10.4. The van der Waals surface area contributed by atoms with E-state index in [1.54, 1.807) is 13.1 Å². The number of pyridine rings is 1. The first-order valence-electron chi connectivity index (χ1n) is 4.04. The molecule has 1 aromatic heterocycles. The van der Waals surface area contributed by atoms with Crippen molar-refractivity contribution in [3.63, 3.8) is 0 Å². The molecular weight excluding hydrogens is 220 g/mol. The Morgan fingerprint density at radius 3 is 2.87 bits per heavy atom. The van der Waals surface area contributed by atoms with Crippen LogP contribution in [0.4, 0.5) is 16.3 Å². The molecule has 1 rings (SSSR count). The molecule has 0 aliphatic carbocycles. The lowest BCUT2D eigenvalue weighted by Gasteiger charge is -2.15. The minimum Gasteiger partial charge on any atom is -0.452 e. The standard InChI is InChI=1S/C8H11ClN4O2/c1-13(8(14)15-2)5-3-6(9)7(12-10)11-4-5/h3-4H,10H2,1-2H3,(H,11,12). The number of nitrogens with zero attached hydrogens (tertiary/aromatic N) is 2. The van der Waals surface area contributed by atoms with E-state index in [0.29, 0.717) is 16.5 Å². The predicted octanol–water partition coefficient (Wildman–Crippen LogP) is 1.22. The molecule has 0 radical (unpaired) electrons. The minimum absolute atomic E-state index is 0.325. The van der Waals surface area contributed by atoms with Gasteiger partial charge in [-0.25, -0.2) is 15.6 Å². The van der Waals surface area contributed by atoms with Crippen LogP contribution in [0.15, 0.2) is 12.3 Å². The molecule has 0 atom stereocenters. The van der Waals surface area contributed by atoms with Crippen LogP contribution in [0.25, 0.3) is 0 Å². The highest BCUT2D eigenvalue weighted by molar-refractivity contribution is 6.33. The second kappa shape index (κ2) is 4.81. The third-order valence-electron chi connectivity index (χ3n) is 1.80. The molecule has 1 aromatic rings. The third-order valence-corrected chi connectivity index (χ3v) is 2.09. The summed E-state index contributed by atoms with van der Waals surface area (Å²) in [5.41, 5.74) is 2.85. The topological polar surface area (TPSA) is 80.5 Å². The summed E-state index contributed by atoms with van der Waals surface area (Å²) in [6.07, 6.45) is 0.958. The van der Waals surface area contributed by atoms with Crippen molar-refractivity contribution < 1.29 is 9.53 Å². The summed E-state index contributed by atoms with van der Waals surface area (Å²) in [6.45, 7) is 0. The summed E-state index contributed by atoms with van der Waals surface area (Å²) in [4.78, 5) is 16.4. The van der Waals surface area contributed by atoms with E-state index in [1.807, 2.05) is 0 Å². The summed E-state index contributed by atoms with van der Waals surface area (Å²) in [7, 11) is 2.85. The Labute approximate surface area is 91.9 Å². The van der Waals surface area contributed by atoms with Crippen LogP contribution in [-0.4, -0.2) is 25.2 Å². The van der Waals surface area contributed by atoms with Gasteiger partial charge in [0.2, 0.25) is 0 Å². The fourth-order valence-corrected chi connectivity index (χ4v) is 1.17. The third kappa shape index (κ3) is 2.48. The Balaban J connectivity index is 2.97. The van der Waals surface area contributed by atoms with E-state index in [1.165, 1.54) is 18.2 Å². The number of nitrogen functional groups attached to an aromatic ring is 1. The summed E-state index contributed by atoms with van der Waals surface area (Å²) in [6, 6.07) is 1.56. The summed E-state index contributed by atoms with van der Waals surface area (Å²) in [5.74, 6) is 5.51. The van der Waals surface area contributed by atoms with Gasteiger partial charge in [0.05, 0.1) is 24.0 Å². The van der Waals surface area contributed by atoms with Crippen molar-refractivity contribution in [1.29, 1.82) is 0 Å². The molecule has 3 N–H and O–H groups in total. The fourth-order valence-electron chi connectivity index (χ4n) is 0.960. The summed E-state index contributed by atoms with van der Waals surface area (Å²) >= 11 is 5.84. The van der Waals surface area contributed by atoms with Gasteiger partial charge in [0.15, 0.2) is 5.82 Å². The zero-order chi connectivity index (χ0) is 11.4. The Bertz CT molecular complexity index is 372. The molecule has 0 aliphatic heterocycles. The van der Waals surface area contributed by atoms with E-state index in [2.05, 4.69) is 15.1 Å². The first kappa shape index (κ1) is 11.5. The molecule has 0 fully saturated rings. The van der Waals surface area contributed by atoms with Crippen LogP contribution in [0.1, 0.15) is 0 Å². The maximum Gasteiger partial charge on any atom is 0.413 e. The van der Waals surface area contributed by atoms with Gasteiger partial charge in [0.25, 0.3) is 0 Å². The van der Waals surface area contributed by atoms with E-state index < -0.39 is 6.09 Å². The molecule has 1 amide bonds. The zero-order valence-corrected chi connectivity index (χ0v) is 9.08. The Hall–Kier alpha value is -1.53. The van der Waals surface area contributed by atoms with Crippen molar-refractivity contribution in [3.8, 4) is 0 Å². The Morgan fingerprint density at radius 1 is 1.73 bits per heavy atom. The van der Waals surface area contributed by atoms with Gasteiger partial charge in [-0.05, 0) is 6.07 Å². The van der Waals surface area contributed by atoms with E-state index >= 15 is 0 Å². The fraction of sp³-hybridized carbons (Fsp3) is 0.250. The predicted molar refractivity (Wildman–Crippen MR) is 57.9 cm³/mol. The number of hydrogen-bond acceptors (Lipinski definition) is 5. The molecule has 6 nitrogen and oxygen atoms in total. The molecule has 1 heterocycles. The number of carbonyl (C=O) groups excluding carboxylic acids is 1. The Kier molecular flexibility index (Phi) is 3.70. The number of hydrazine groups is 1. The lowest BCUT2D eigenvalue weighted by Crippen LogP contribution is -2.26. The van der Waals surface area contributed by atoms with E-state index in [4.69, 9.17) is 17.4 Å². The lowest BCUT2D eigenvalue weighted by molar-refractivity contribution is 0.180. The molecule has 7 heteroatoms. The number of hydrogen-bond donors (Lipinski definition) is 2. The molecule has 0 spiro atoms. The average Bonchev–Trinajstić information content (AvgIpc) is 2.26. The normalized spacial score (nSPS) is 9.60. The highest BCUT2D eigenvalue weighted by Crippen LogP contribution is 2.23. The van der Waals surface area contributed by atoms with Crippen LogP contribution in [-0.2, 0) is 4.74 Å². The number of aromatic nitrogens is 1. The number of halogens is 1. The molecule has 0 bridgehead atoms. The molecule has 15 heavy (non-hydrogen) atoms. The first-order valence-corrected chi connectivity index (χ1v) is 4.41. The van der Waals surface area contributed by atoms with Crippen LogP contribution in [0.2, 0.25) is 5.02 Å². The van der Waals surface area contributed by atoms with Gasteiger partial charge in [-0.2, -0.15) is 0 Å². The molecule has 0 unspecified atom stereocenters. The van der Waals surface area contributed by atoms with E-state index in [-0.39, 0.29) is 0 Å². The largest absolute Gasteiger partial charge is 0.452 e. The van der Waals surface area contributed by atoms with Crippen LogP contribution in [0.5, 0.6) is 0 Å². The molecule has 0 saturated carbocycles. The van der Waals surface area contributed by atoms with Gasteiger partial charge in [-0.3, -0.25) is 4.90 Å². The van der Waals surface area contributed by atoms with Gasteiger partial charge < -0.3 is 10.2 Å². The Morgan fingerprint density at radius 2 is 2.40 bits per heavy atom. The van der Waals surface area contributed by atoms with Crippen LogP contribution >= 0.6 is 11.6 Å². The number of methoxy groups -OCH3 is 1. The van der Waals surface area contributed by atoms with Gasteiger partial charge in [-0.15, -0.1) is 0 Å². The van der Waals surface area contributed by atoms with Crippen LogP contribution in [0, 0.1) is 0 Å². The number of rotatable bonds is 2. The molecule has 82 valence electrons. The first-order chi connectivity index (χ1) is 7.10. The van der Waals surface area contributed by atoms with Crippen molar-refractivity contribution in [2.75, 3.05) is 24.5 Å². The SMILES string of the molecule is COC(=O)N(C)c1cnc(NN)c(Cl)c1. The molecule has 0 aliphatic rings. The number of ether oxygens (including phenoxy) is 1. The number of nitrogens with one attached hydrogen (secondary N) is 1. The van der Waals surface area contributed by atoms with Crippen LogP contribution in [0.3, 0.4) is 0 Å². The van der Waals surface area contributed by atoms with Gasteiger partial charge in [0, 0.05) is 7.05 Å². The minimum atomic E-state index is -0.499. The second-order valence-corrected chi connectivity index (χ2v) is 3.10. The van der Waals surface area contributed by atoms with Crippen molar-refractivity contribution >= 4 is 29.2 Å². The number of anilines is 2. The number of amides is 1. The highest BCUT2D eigenvalue weighted by atomic mass is 35.5. The zero-order valence-electron chi connectivity index (χ0n) is 8.32. The van der Waals surface area contributed by atoms with Crippen molar-refractivity contribution in [2.24, 2.45) is 5.84 Å².